The van der Waals surface area contributed by atoms with Gasteiger partial charge in [0.2, 0.25) is 0 Å². The summed E-state index contributed by atoms with van der Waals surface area (Å²) in [6.45, 7) is 4.13. The molecule has 0 unspecified atom stereocenters. The molecule has 3 rings (SSSR count). The van der Waals surface area contributed by atoms with Gasteiger partial charge >= 0.3 is 0 Å². The van der Waals surface area contributed by atoms with Crippen LogP contribution in [0.2, 0.25) is 0 Å². The van der Waals surface area contributed by atoms with Gasteiger partial charge in [-0.25, -0.2) is 0 Å². The zero-order valence-corrected chi connectivity index (χ0v) is 17.7. The molecule has 0 atom stereocenters. The molecule has 0 saturated carbocycles. The Morgan fingerprint density at radius 2 is 1.82 bits per heavy atom. The Bertz CT molecular complexity index is 929. The summed E-state index contributed by atoms with van der Waals surface area (Å²) in [6, 6.07) is 16.5. The molecule has 0 bridgehead atoms. The Morgan fingerprint density at radius 1 is 1.07 bits per heavy atom. The second-order valence-corrected chi connectivity index (χ2v) is 6.99. The fraction of sp³-hybridized carbons (Fsp3) is 0.200. The second-order valence-electron chi connectivity index (χ2n) is 6.14. The number of aryl methyl sites for hydroxylation is 1. The Balaban J connectivity index is 0.00000280. The number of benzene rings is 2. The van der Waals surface area contributed by atoms with E-state index in [4.69, 9.17) is 4.42 Å². The number of nitrogens with zero attached hydrogens (tertiary/aromatic N) is 1. The molecule has 3 aromatic rings. The van der Waals surface area contributed by atoms with E-state index in [1.807, 2.05) is 24.3 Å². The van der Waals surface area contributed by atoms with Crippen molar-refractivity contribution in [3.63, 3.8) is 0 Å². The van der Waals surface area contributed by atoms with Crippen LogP contribution in [0.1, 0.15) is 11.3 Å². The molecule has 0 spiro atoms. The largest absolute Gasteiger partial charge is 0.460 e. The van der Waals surface area contributed by atoms with E-state index in [0.29, 0.717) is 13.1 Å². The number of non-ortho nitro benzene ring substituents is 1. The molecule has 2 aromatic carbocycles. The van der Waals surface area contributed by atoms with Crippen molar-refractivity contribution in [1.29, 1.82) is 0 Å². The van der Waals surface area contributed by atoms with Gasteiger partial charge in [0.15, 0.2) is 0 Å². The van der Waals surface area contributed by atoms with Crippen molar-refractivity contribution >= 4 is 39.7 Å². The highest BCUT2D eigenvalue weighted by Crippen LogP contribution is 2.26. The second kappa shape index (κ2) is 10.3. The summed E-state index contributed by atoms with van der Waals surface area (Å²) in [7, 11) is 0. The minimum Gasteiger partial charge on any atom is -0.460 e. The minimum absolute atomic E-state index is 0. The number of anilines is 1. The fourth-order valence-corrected chi connectivity index (χ4v) is 2.88. The zero-order valence-electron chi connectivity index (χ0n) is 15.3. The molecule has 0 fully saturated rings. The zero-order chi connectivity index (χ0) is 19.2. The van der Waals surface area contributed by atoms with Gasteiger partial charge in [0, 0.05) is 40.9 Å². The van der Waals surface area contributed by atoms with E-state index in [-0.39, 0.29) is 18.1 Å². The van der Waals surface area contributed by atoms with Crippen LogP contribution in [0.25, 0.3) is 11.3 Å². The van der Waals surface area contributed by atoms with Gasteiger partial charge in [-0.1, -0.05) is 22.0 Å². The van der Waals surface area contributed by atoms with Crippen LogP contribution in [-0.4, -0.2) is 18.0 Å². The molecule has 0 saturated heterocycles. The number of nitro groups is 1. The molecule has 0 aliphatic heterocycles. The average Bonchev–Trinajstić information content (AvgIpc) is 3.13. The van der Waals surface area contributed by atoms with E-state index in [9.17, 15) is 10.1 Å². The summed E-state index contributed by atoms with van der Waals surface area (Å²) in [4.78, 5) is 10.2. The molecule has 1 heterocycles. The SMILES string of the molecule is Cc1cc(-c2ccc(CNCCNc3ccc([N+](=O)[O-])cc3)o2)ccc1Br.Cl. The van der Waals surface area contributed by atoms with Crippen LogP contribution in [-0.2, 0) is 6.54 Å². The van der Waals surface area contributed by atoms with E-state index in [1.54, 1.807) is 12.1 Å². The molecule has 0 radical (unpaired) electrons. The standard InChI is InChI=1S/C20H20BrN3O3.ClH/c1-14-12-15(2-8-19(14)21)20-9-7-18(27-20)13-22-10-11-23-16-3-5-17(6-4-16)24(25)26;/h2-9,12,22-23H,10-11,13H2,1H3;1H. The predicted molar refractivity (Wildman–Crippen MR) is 117 cm³/mol. The Kier molecular flexibility index (Phi) is 8.04. The summed E-state index contributed by atoms with van der Waals surface area (Å²) in [5, 5.41) is 17.2. The summed E-state index contributed by atoms with van der Waals surface area (Å²) < 4.78 is 6.99. The predicted octanol–water partition coefficient (Wildman–Crippen LogP) is 5.55. The number of furan rings is 1. The third-order valence-corrected chi connectivity index (χ3v) is 5.00. The Hall–Kier alpha value is -2.35. The quantitative estimate of drug-likeness (QED) is 0.258. The number of hydrogen-bond donors (Lipinski definition) is 2. The maximum Gasteiger partial charge on any atom is 0.269 e. The highest BCUT2D eigenvalue weighted by Gasteiger charge is 2.06. The smallest absolute Gasteiger partial charge is 0.269 e. The molecule has 8 heteroatoms. The van der Waals surface area contributed by atoms with Gasteiger partial charge in [0.1, 0.15) is 11.5 Å². The Morgan fingerprint density at radius 3 is 2.50 bits per heavy atom. The van der Waals surface area contributed by atoms with Crippen LogP contribution >= 0.6 is 28.3 Å². The molecular weight excluding hydrogens is 446 g/mol. The lowest BCUT2D eigenvalue weighted by molar-refractivity contribution is -0.384. The lowest BCUT2D eigenvalue weighted by atomic mass is 10.1. The molecule has 0 aliphatic rings. The Labute approximate surface area is 178 Å². The first-order valence-electron chi connectivity index (χ1n) is 8.57. The first-order chi connectivity index (χ1) is 13.0. The van der Waals surface area contributed by atoms with Crippen LogP contribution in [0.4, 0.5) is 11.4 Å². The van der Waals surface area contributed by atoms with Crippen molar-refractivity contribution in [3.05, 3.63) is 80.5 Å². The third kappa shape index (κ3) is 5.82. The molecule has 2 N–H and O–H groups in total. The number of hydrogen-bond acceptors (Lipinski definition) is 5. The van der Waals surface area contributed by atoms with Gasteiger partial charge in [0.05, 0.1) is 11.5 Å². The topological polar surface area (TPSA) is 80.3 Å². The van der Waals surface area contributed by atoms with E-state index in [0.717, 1.165) is 33.8 Å². The van der Waals surface area contributed by atoms with Gasteiger partial charge in [0.25, 0.3) is 5.69 Å². The normalized spacial score (nSPS) is 10.4. The summed E-state index contributed by atoms with van der Waals surface area (Å²) >= 11 is 3.51. The molecule has 0 aliphatic carbocycles. The van der Waals surface area contributed by atoms with Crippen molar-refractivity contribution in [2.45, 2.75) is 13.5 Å². The van der Waals surface area contributed by atoms with Gasteiger partial charge in [-0.3, -0.25) is 10.1 Å². The van der Waals surface area contributed by atoms with Crippen molar-refractivity contribution < 1.29 is 9.34 Å². The highest BCUT2D eigenvalue weighted by molar-refractivity contribution is 9.10. The van der Waals surface area contributed by atoms with Gasteiger partial charge in [-0.2, -0.15) is 0 Å². The molecular formula is C20H21BrClN3O3. The molecule has 1 aromatic heterocycles. The van der Waals surface area contributed by atoms with E-state index in [2.05, 4.69) is 39.6 Å². The summed E-state index contributed by atoms with van der Waals surface area (Å²) in [6.07, 6.45) is 0. The minimum atomic E-state index is -0.404. The van der Waals surface area contributed by atoms with Gasteiger partial charge < -0.3 is 15.1 Å². The van der Waals surface area contributed by atoms with Crippen molar-refractivity contribution in [1.82, 2.24) is 5.32 Å². The first-order valence-corrected chi connectivity index (χ1v) is 9.36. The molecule has 148 valence electrons. The van der Waals surface area contributed by atoms with Crippen molar-refractivity contribution in [3.8, 4) is 11.3 Å². The number of halogens is 2. The average molecular weight is 467 g/mol. The van der Waals surface area contributed by atoms with Gasteiger partial charge in [-0.15, -0.1) is 12.4 Å². The van der Waals surface area contributed by atoms with Crippen molar-refractivity contribution in [2.24, 2.45) is 0 Å². The molecule has 6 nitrogen and oxygen atoms in total. The van der Waals surface area contributed by atoms with E-state index < -0.39 is 4.92 Å². The van der Waals surface area contributed by atoms with E-state index in [1.165, 1.54) is 17.7 Å². The lowest BCUT2D eigenvalue weighted by Gasteiger charge is -2.07. The maximum absolute atomic E-state index is 10.6. The number of nitrogens with one attached hydrogen (secondary N) is 2. The molecule has 28 heavy (non-hydrogen) atoms. The maximum atomic E-state index is 10.6. The third-order valence-electron chi connectivity index (χ3n) is 4.11. The van der Waals surface area contributed by atoms with Crippen LogP contribution < -0.4 is 10.6 Å². The van der Waals surface area contributed by atoms with Crippen LogP contribution in [0.3, 0.4) is 0 Å². The summed E-state index contributed by atoms with van der Waals surface area (Å²) in [5.41, 5.74) is 3.17. The van der Waals surface area contributed by atoms with E-state index >= 15 is 0 Å². The first kappa shape index (κ1) is 21.9. The number of rotatable bonds is 8. The fourth-order valence-electron chi connectivity index (χ4n) is 2.63. The lowest BCUT2D eigenvalue weighted by Crippen LogP contribution is -2.21. The van der Waals surface area contributed by atoms with Crippen LogP contribution in [0.15, 0.2) is 63.5 Å². The van der Waals surface area contributed by atoms with Crippen LogP contribution in [0, 0.1) is 17.0 Å². The highest BCUT2D eigenvalue weighted by atomic mass is 79.9. The molecule has 0 amide bonds. The summed E-state index contributed by atoms with van der Waals surface area (Å²) in [5.74, 6) is 1.73. The van der Waals surface area contributed by atoms with Crippen molar-refractivity contribution in [2.75, 3.05) is 18.4 Å². The van der Waals surface area contributed by atoms with Gasteiger partial charge in [-0.05, 0) is 48.9 Å². The monoisotopic (exact) mass is 465 g/mol. The number of nitro benzene ring substituents is 1. The van der Waals surface area contributed by atoms with Crippen LogP contribution in [0.5, 0.6) is 0 Å².